The molecule has 3 aliphatic heterocycles. The van der Waals surface area contributed by atoms with Crippen LogP contribution < -0.4 is 25.2 Å². The van der Waals surface area contributed by atoms with E-state index in [2.05, 4.69) is 92.2 Å². The molecule has 3 aromatic heterocycles. The molecular formula is C61H51B2N7O. The topological polar surface area (TPSA) is 70.5 Å². The van der Waals surface area contributed by atoms with Crippen LogP contribution in [0.25, 0.3) is 49.8 Å². The number of rotatable bonds is 8. The summed E-state index contributed by atoms with van der Waals surface area (Å²) in [6.45, 7) is 6.49. The molecule has 3 aliphatic rings. The number of anilines is 4. The van der Waals surface area contributed by atoms with Crippen molar-refractivity contribution >= 4 is 70.1 Å². The van der Waals surface area contributed by atoms with Gasteiger partial charge in [-0.15, -0.1) is 12.0 Å². The molecular weight excluding hydrogens is 868 g/mol. The molecule has 11 rings (SSSR count). The van der Waals surface area contributed by atoms with Gasteiger partial charge in [-0.25, -0.2) is 9.97 Å². The van der Waals surface area contributed by atoms with Crippen LogP contribution in [0, 0.1) is 0 Å². The van der Waals surface area contributed by atoms with E-state index in [9.17, 15) is 1.37 Å². The smallest absolute Gasteiger partial charge is 0.221 e. The number of hydrogen-bond acceptors (Lipinski definition) is 7. The third-order valence-electron chi connectivity index (χ3n) is 12.3. The number of pyridine rings is 2. The maximum absolute atomic E-state index is 9.17. The van der Waals surface area contributed by atoms with E-state index >= 15 is 0 Å². The Balaban J connectivity index is 1.10. The van der Waals surface area contributed by atoms with Crippen molar-refractivity contribution in [1.29, 1.82) is 0 Å². The summed E-state index contributed by atoms with van der Waals surface area (Å²) in [6.07, 6.45) is 25.0. The molecule has 0 unspecified atom stereocenters. The number of ether oxygens (including phenoxy) is 1. The van der Waals surface area contributed by atoms with Crippen molar-refractivity contribution in [2.24, 2.45) is 0 Å². The highest BCUT2D eigenvalue weighted by Crippen LogP contribution is 2.49. The van der Waals surface area contributed by atoms with Gasteiger partial charge in [-0.05, 0) is 94.9 Å². The fraction of sp³-hybridized carbons (Fsp3) is 0.0820. The summed E-state index contributed by atoms with van der Waals surface area (Å²) in [4.78, 5) is 14.0. The van der Waals surface area contributed by atoms with Gasteiger partial charge < -0.3 is 25.2 Å². The van der Waals surface area contributed by atoms with Crippen LogP contribution >= 0.6 is 0 Å². The lowest BCUT2D eigenvalue weighted by atomic mass is 9.63. The van der Waals surface area contributed by atoms with Crippen molar-refractivity contribution in [3.8, 4) is 28.7 Å². The lowest BCUT2D eigenvalue weighted by molar-refractivity contribution is 0.464. The zero-order chi connectivity index (χ0) is 56.0. The number of nitrogens with one attached hydrogen (secondary N) is 2. The van der Waals surface area contributed by atoms with E-state index in [1.54, 1.807) is 41.1 Å². The Kier molecular flexibility index (Phi) is 9.81. The Bertz CT molecular complexity index is 4000. The van der Waals surface area contributed by atoms with Gasteiger partial charge in [0, 0.05) is 59.5 Å². The third kappa shape index (κ3) is 9.28. The van der Waals surface area contributed by atoms with Crippen molar-refractivity contribution in [3.63, 3.8) is 0 Å². The molecule has 71 heavy (non-hydrogen) atoms. The highest BCUT2D eigenvalue weighted by atomic mass is 16.5. The highest BCUT2D eigenvalue weighted by Gasteiger charge is 2.32. The molecule has 6 heterocycles. The van der Waals surface area contributed by atoms with Crippen molar-refractivity contribution in [1.82, 2.24) is 25.2 Å². The van der Waals surface area contributed by atoms with Crippen LogP contribution in [0.2, 0.25) is 0 Å². The maximum atomic E-state index is 9.17. The number of fused-ring (bicyclic) bond motifs is 4. The van der Waals surface area contributed by atoms with Gasteiger partial charge in [-0.3, -0.25) is 4.57 Å². The zero-order valence-corrected chi connectivity index (χ0v) is 39.2. The fourth-order valence-electron chi connectivity index (χ4n) is 8.92. The average molecular weight is 929 g/mol. The average Bonchev–Trinajstić information content (AvgIpc) is 4.08. The number of nitrogens with zero attached hydrogens (tertiary/aromatic N) is 5. The van der Waals surface area contributed by atoms with Gasteiger partial charge in [0.2, 0.25) is 5.88 Å². The van der Waals surface area contributed by atoms with Crippen LogP contribution in [0.5, 0.6) is 11.6 Å². The van der Waals surface area contributed by atoms with Crippen molar-refractivity contribution < 1.29 is 17.1 Å². The number of hydrogen-bond donors (Lipinski definition) is 2. The third-order valence-corrected chi connectivity index (χ3v) is 12.3. The first-order valence-electron chi connectivity index (χ1n) is 27.8. The predicted octanol–water partition coefficient (Wildman–Crippen LogP) is 14.0. The van der Waals surface area contributed by atoms with Crippen molar-refractivity contribution in [3.05, 3.63) is 248 Å². The summed E-state index contributed by atoms with van der Waals surface area (Å²) >= 11 is 0. The molecule has 0 amide bonds. The minimum Gasteiger partial charge on any atom is -0.439 e. The van der Waals surface area contributed by atoms with Gasteiger partial charge in [0.15, 0.2) is 14.6 Å². The molecule has 10 heteroatoms. The number of aromatic nitrogens is 3. The van der Waals surface area contributed by atoms with Gasteiger partial charge >= 0.3 is 0 Å². The standard InChI is InChI=1S/C61H51B2N7O/c1-61(2,3)44-30-37-66-58(38-44)70-54-25-8-7-20-47(54)48-29-28-46(41-57(48)70)71-59-40-45(39-53(67-59)43-18-5-4-6-19-43)68-42-69(56-27-10-9-26-55(56)68)60-49(51-23-16-35-64-33-13-11-31-62-51)21-15-22-50(60)52-24-17-36-65-34-14-12-32-63-52/h4-41,64-65H,42H2,1-3H3/b31-11-,32-12-,33-13-,34-14-,35-16-,36-17-,51-23-,52-24-/i4D,5D,6D,7D,8D,18D,19D,20D,25D. The molecule has 0 aliphatic carbocycles. The second kappa shape index (κ2) is 19.7. The molecule has 0 bridgehead atoms. The molecule has 2 N–H and O–H groups in total. The molecule has 0 saturated carbocycles. The Morgan fingerprint density at radius 1 is 0.634 bits per heavy atom. The molecule has 2 radical (unpaired) electrons. The lowest BCUT2D eigenvalue weighted by Crippen LogP contribution is -2.26. The normalized spacial score (nSPS) is 20.5. The van der Waals surface area contributed by atoms with E-state index in [-0.39, 0.29) is 64.7 Å². The van der Waals surface area contributed by atoms with Gasteiger partial charge in [0.25, 0.3) is 0 Å². The summed E-state index contributed by atoms with van der Waals surface area (Å²) in [5, 5.41) is 7.22. The Morgan fingerprint density at radius 3 is 2.03 bits per heavy atom. The minimum atomic E-state index is -0.536. The van der Waals surface area contributed by atoms with Crippen LogP contribution in [0.1, 0.15) is 49.8 Å². The quantitative estimate of drug-likeness (QED) is 0.147. The highest BCUT2D eigenvalue weighted by molar-refractivity contribution is 6.67. The molecule has 0 fully saturated rings. The van der Waals surface area contributed by atoms with Gasteiger partial charge in [-0.2, -0.15) is 0 Å². The molecule has 0 saturated heterocycles. The van der Waals surface area contributed by atoms with Gasteiger partial charge in [-0.1, -0.05) is 135 Å². The van der Waals surface area contributed by atoms with Gasteiger partial charge in [0.1, 0.15) is 18.2 Å². The molecule has 8 nitrogen and oxygen atoms in total. The molecule has 342 valence electrons. The van der Waals surface area contributed by atoms with Crippen LogP contribution in [0.4, 0.5) is 22.7 Å². The number of benzene rings is 5. The SMILES string of the molecule is [2H]c1c([2H])c([2H])c(-c2cc(N3CN(c4c(/C5=C/C=C\N/C=C\C=C/[B]5)cccc4/C4=C/C=C\N/C=C\C=C/[B]4)c4ccccc43)cc(Oc3ccc4c5c([2H])c([2H])c([2H])c([2H])c5n(-c5cc(C(C)(C)C)ccn5)c4c3)n2)c([2H])c1[2H]. The Hall–Kier alpha value is -8.75. The monoisotopic (exact) mass is 928 g/mol. The van der Waals surface area contributed by atoms with E-state index in [0.29, 0.717) is 27.8 Å². The Labute approximate surface area is 429 Å². The molecule has 5 aromatic carbocycles. The summed E-state index contributed by atoms with van der Waals surface area (Å²) in [5.41, 5.74) is 8.26. The first kappa shape index (κ1) is 35.4. The van der Waals surface area contributed by atoms with Crippen LogP contribution in [-0.2, 0) is 5.41 Å². The summed E-state index contributed by atoms with van der Waals surface area (Å²) in [6, 6.07) is 23.2. The first-order valence-corrected chi connectivity index (χ1v) is 23.3. The largest absolute Gasteiger partial charge is 0.439 e. The van der Waals surface area contributed by atoms with Crippen LogP contribution in [-0.4, -0.2) is 35.8 Å². The van der Waals surface area contributed by atoms with E-state index in [1.807, 2.05) is 104 Å². The Morgan fingerprint density at radius 2 is 1.31 bits per heavy atom. The summed E-state index contributed by atoms with van der Waals surface area (Å²) in [5.74, 6) is 4.75. The van der Waals surface area contributed by atoms with Crippen LogP contribution in [0.15, 0.2) is 231 Å². The summed E-state index contributed by atoms with van der Waals surface area (Å²) in [7, 11) is 4.16. The van der Waals surface area contributed by atoms with Crippen molar-refractivity contribution in [2.45, 2.75) is 26.2 Å². The number of allylic oxidation sites excluding steroid dienone is 8. The zero-order valence-electron chi connectivity index (χ0n) is 48.2. The summed E-state index contributed by atoms with van der Waals surface area (Å²) < 4.78 is 88.2. The molecule has 0 spiro atoms. The number of para-hydroxylation sites is 4. The first-order chi connectivity index (χ1) is 38.6. The van der Waals surface area contributed by atoms with Crippen molar-refractivity contribution in [2.75, 3.05) is 16.5 Å². The predicted molar refractivity (Wildman–Crippen MR) is 298 cm³/mol. The lowest BCUT2D eigenvalue weighted by Gasteiger charge is -2.28. The van der Waals surface area contributed by atoms with E-state index in [4.69, 9.17) is 25.7 Å². The van der Waals surface area contributed by atoms with Gasteiger partial charge in [0.05, 0.1) is 51.8 Å². The van der Waals surface area contributed by atoms with Crippen LogP contribution in [0.3, 0.4) is 0 Å². The fourth-order valence-corrected chi connectivity index (χ4v) is 8.92. The second-order valence-corrected chi connectivity index (χ2v) is 17.8. The maximum Gasteiger partial charge on any atom is 0.221 e. The molecule has 0 atom stereocenters. The van der Waals surface area contributed by atoms with E-state index in [0.717, 1.165) is 44.7 Å². The minimum absolute atomic E-state index is 0.0328. The second-order valence-electron chi connectivity index (χ2n) is 17.8. The van der Waals surface area contributed by atoms with E-state index in [1.165, 1.54) is 0 Å². The van der Waals surface area contributed by atoms with E-state index < -0.39 is 30.2 Å². The molecule has 8 aromatic rings.